The van der Waals surface area contributed by atoms with Crippen molar-refractivity contribution in [1.29, 1.82) is 0 Å². The van der Waals surface area contributed by atoms with E-state index in [9.17, 15) is 4.79 Å². The number of hydrogen-bond donors (Lipinski definition) is 0. The molecule has 0 aromatic carbocycles. The second-order valence-corrected chi connectivity index (χ2v) is 6.63. The summed E-state index contributed by atoms with van der Waals surface area (Å²) in [4.78, 5) is 34.0. The van der Waals surface area contributed by atoms with E-state index in [1.165, 1.54) is 0 Å². The Kier molecular flexibility index (Phi) is 5.43. The Morgan fingerprint density at radius 2 is 1.03 bits per heavy atom. The van der Waals surface area contributed by atoms with Crippen LogP contribution in [0.15, 0.2) is 85.5 Å². The maximum absolute atomic E-state index is 12.8. The molecule has 7 nitrogen and oxygen atoms in total. The minimum Gasteiger partial charge on any atom is -0.314 e. The predicted molar refractivity (Wildman–Crippen MR) is 117 cm³/mol. The Hall–Kier alpha value is -4.13. The van der Waals surface area contributed by atoms with Gasteiger partial charge in [0.15, 0.2) is 5.78 Å². The smallest absolute Gasteiger partial charge is 0.196 e. The quantitative estimate of drug-likeness (QED) is 0.455. The number of nitrogens with zero attached hydrogens (tertiary/aromatic N) is 6. The molecule has 4 heterocycles. The molecule has 0 saturated heterocycles. The third kappa shape index (κ3) is 4.00. The average molecular weight is 396 g/mol. The molecule has 148 valence electrons. The van der Waals surface area contributed by atoms with Gasteiger partial charge in [0.2, 0.25) is 0 Å². The molecule has 0 aliphatic heterocycles. The normalized spacial score (nSPS) is 10.5. The van der Waals surface area contributed by atoms with Gasteiger partial charge in [0, 0.05) is 50.0 Å². The van der Waals surface area contributed by atoms with Gasteiger partial charge in [-0.05, 0) is 48.5 Å². The second-order valence-electron chi connectivity index (χ2n) is 6.63. The van der Waals surface area contributed by atoms with Crippen molar-refractivity contribution in [3.8, 4) is 0 Å². The van der Waals surface area contributed by atoms with Crippen LogP contribution >= 0.6 is 0 Å². The SMILES string of the molecule is CN(c1ccccn1)c1ccc(C(=O)c2ccc(N(C)c3ccccn3)nc2)cn1. The molecular formula is C23H20N6O. The summed E-state index contributed by atoms with van der Waals surface area (Å²) in [6.45, 7) is 0. The van der Waals surface area contributed by atoms with Crippen molar-refractivity contribution >= 4 is 29.1 Å². The second kappa shape index (κ2) is 8.48. The molecule has 4 rings (SSSR count). The Bertz CT molecular complexity index is 1020. The van der Waals surface area contributed by atoms with Crippen LogP contribution in [0.3, 0.4) is 0 Å². The van der Waals surface area contributed by atoms with Crippen LogP contribution in [0.4, 0.5) is 23.3 Å². The van der Waals surface area contributed by atoms with Gasteiger partial charge in [-0.2, -0.15) is 0 Å². The molecule has 7 heteroatoms. The first kappa shape index (κ1) is 19.2. The lowest BCUT2D eigenvalue weighted by molar-refractivity contribution is 0.103. The Balaban J connectivity index is 1.49. The van der Waals surface area contributed by atoms with Crippen LogP contribution in [0.1, 0.15) is 15.9 Å². The first-order valence-corrected chi connectivity index (χ1v) is 9.40. The molecule has 0 unspecified atom stereocenters. The van der Waals surface area contributed by atoms with Gasteiger partial charge < -0.3 is 9.80 Å². The molecule has 0 aliphatic carbocycles. The molecule has 0 spiro atoms. The van der Waals surface area contributed by atoms with Crippen molar-refractivity contribution in [2.75, 3.05) is 23.9 Å². The number of hydrogen-bond acceptors (Lipinski definition) is 7. The topological polar surface area (TPSA) is 75.1 Å². The van der Waals surface area contributed by atoms with Crippen molar-refractivity contribution in [3.63, 3.8) is 0 Å². The largest absolute Gasteiger partial charge is 0.314 e. The lowest BCUT2D eigenvalue weighted by atomic mass is 10.1. The van der Waals surface area contributed by atoms with Crippen molar-refractivity contribution in [3.05, 3.63) is 96.6 Å². The average Bonchev–Trinajstić information content (AvgIpc) is 2.84. The van der Waals surface area contributed by atoms with Crippen molar-refractivity contribution < 1.29 is 4.79 Å². The molecule has 0 N–H and O–H groups in total. The monoisotopic (exact) mass is 396 g/mol. The molecule has 0 atom stereocenters. The number of anilines is 4. The molecule has 0 saturated carbocycles. The van der Waals surface area contributed by atoms with Gasteiger partial charge in [-0.25, -0.2) is 19.9 Å². The van der Waals surface area contributed by atoms with E-state index >= 15 is 0 Å². The third-order valence-electron chi connectivity index (χ3n) is 4.69. The number of carbonyl (C=O) groups is 1. The fourth-order valence-electron chi connectivity index (χ4n) is 2.94. The van der Waals surface area contributed by atoms with Gasteiger partial charge in [0.05, 0.1) is 0 Å². The maximum Gasteiger partial charge on any atom is 0.196 e. The Morgan fingerprint density at radius 3 is 1.37 bits per heavy atom. The summed E-state index contributed by atoms with van der Waals surface area (Å²) in [7, 11) is 3.76. The Morgan fingerprint density at radius 1 is 0.600 bits per heavy atom. The van der Waals surface area contributed by atoms with Crippen LogP contribution in [0.25, 0.3) is 0 Å². The summed E-state index contributed by atoms with van der Waals surface area (Å²) in [5, 5.41) is 0. The predicted octanol–water partition coefficient (Wildman–Crippen LogP) is 4.03. The van der Waals surface area contributed by atoms with Gasteiger partial charge in [0.1, 0.15) is 23.3 Å². The van der Waals surface area contributed by atoms with Crippen LogP contribution in [0.5, 0.6) is 0 Å². The van der Waals surface area contributed by atoms with Crippen LogP contribution < -0.4 is 9.80 Å². The van der Waals surface area contributed by atoms with E-state index in [2.05, 4.69) is 19.9 Å². The summed E-state index contributed by atoms with van der Waals surface area (Å²) in [5.41, 5.74) is 1.00. The van der Waals surface area contributed by atoms with Crippen LogP contribution in [0.2, 0.25) is 0 Å². The van der Waals surface area contributed by atoms with Crippen molar-refractivity contribution in [2.45, 2.75) is 0 Å². The standard InChI is InChI=1S/C23H20N6O/c1-28(19-7-3-5-13-24-19)21-11-9-17(15-26-21)23(30)18-10-12-22(27-16-18)29(2)20-8-4-6-14-25-20/h3-16H,1-2H3. The first-order chi connectivity index (χ1) is 14.6. The van der Waals surface area contributed by atoms with E-state index in [0.29, 0.717) is 22.8 Å². The lowest BCUT2D eigenvalue weighted by Gasteiger charge is -2.17. The number of rotatable bonds is 6. The summed E-state index contributed by atoms with van der Waals surface area (Å²) in [6.07, 6.45) is 6.60. The summed E-state index contributed by atoms with van der Waals surface area (Å²) in [5.74, 6) is 2.84. The van der Waals surface area contributed by atoms with Crippen molar-refractivity contribution in [2.24, 2.45) is 0 Å². The van der Waals surface area contributed by atoms with Gasteiger partial charge >= 0.3 is 0 Å². The molecule has 0 radical (unpaired) electrons. The highest BCUT2D eigenvalue weighted by Crippen LogP contribution is 2.21. The fourth-order valence-corrected chi connectivity index (χ4v) is 2.94. The zero-order valence-electron chi connectivity index (χ0n) is 16.7. The van der Waals surface area contributed by atoms with E-state index in [1.807, 2.05) is 60.3 Å². The number of pyridine rings is 4. The van der Waals surface area contributed by atoms with Crippen molar-refractivity contribution in [1.82, 2.24) is 19.9 Å². The van der Waals surface area contributed by atoms with E-state index < -0.39 is 0 Å². The molecule has 4 aromatic rings. The van der Waals surface area contributed by atoms with Gasteiger partial charge in [-0.1, -0.05) is 12.1 Å². The molecule has 30 heavy (non-hydrogen) atoms. The highest BCUT2D eigenvalue weighted by atomic mass is 16.1. The van der Waals surface area contributed by atoms with E-state index in [-0.39, 0.29) is 5.78 Å². The van der Waals surface area contributed by atoms with Gasteiger partial charge in [-0.3, -0.25) is 4.79 Å². The summed E-state index contributed by atoms with van der Waals surface area (Å²) in [6, 6.07) is 18.5. The Labute approximate surface area is 174 Å². The summed E-state index contributed by atoms with van der Waals surface area (Å²) < 4.78 is 0. The molecular weight excluding hydrogens is 376 g/mol. The van der Waals surface area contributed by atoms with E-state index in [0.717, 1.165) is 11.6 Å². The highest BCUT2D eigenvalue weighted by molar-refractivity contribution is 6.08. The molecule has 0 bridgehead atoms. The lowest BCUT2D eigenvalue weighted by Crippen LogP contribution is -2.14. The number of carbonyl (C=O) groups excluding carboxylic acids is 1. The van der Waals surface area contributed by atoms with Crippen LogP contribution in [-0.4, -0.2) is 39.8 Å². The molecule has 0 aliphatic rings. The van der Waals surface area contributed by atoms with Crippen LogP contribution in [0, 0.1) is 0 Å². The number of aromatic nitrogens is 4. The minimum absolute atomic E-state index is 0.130. The zero-order valence-corrected chi connectivity index (χ0v) is 16.7. The van der Waals surface area contributed by atoms with Gasteiger partial charge in [-0.15, -0.1) is 0 Å². The number of ketones is 1. The fraction of sp³-hybridized carbons (Fsp3) is 0.0870. The third-order valence-corrected chi connectivity index (χ3v) is 4.69. The minimum atomic E-state index is -0.130. The maximum atomic E-state index is 12.8. The van der Waals surface area contributed by atoms with Crippen LogP contribution in [-0.2, 0) is 0 Å². The molecule has 0 amide bonds. The zero-order chi connectivity index (χ0) is 20.9. The molecule has 0 fully saturated rings. The molecule has 4 aromatic heterocycles. The first-order valence-electron chi connectivity index (χ1n) is 9.40. The van der Waals surface area contributed by atoms with E-state index in [4.69, 9.17) is 0 Å². The summed E-state index contributed by atoms with van der Waals surface area (Å²) >= 11 is 0. The van der Waals surface area contributed by atoms with Gasteiger partial charge in [0.25, 0.3) is 0 Å². The van der Waals surface area contributed by atoms with E-state index in [1.54, 1.807) is 49.1 Å². The highest BCUT2D eigenvalue weighted by Gasteiger charge is 2.13.